The Bertz CT molecular complexity index is 444. The zero-order valence-corrected chi connectivity index (χ0v) is 10.6. The van der Waals surface area contributed by atoms with Crippen LogP contribution in [-0.4, -0.2) is 55.4 Å². The van der Waals surface area contributed by atoms with Crippen molar-refractivity contribution < 1.29 is 23.5 Å². The van der Waals surface area contributed by atoms with Crippen molar-refractivity contribution in [3.05, 3.63) is 0 Å². The van der Waals surface area contributed by atoms with Crippen LogP contribution in [0.15, 0.2) is 0 Å². The van der Waals surface area contributed by atoms with Crippen molar-refractivity contribution in [3.8, 4) is 6.07 Å². The molecule has 2 saturated heterocycles. The van der Waals surface area contributed by atoms with Gasteiger partial charge in [0.25, 0.3) is 0 Å². The number of hydrogen-bond acceptors (Lipinski definition) is 5. The average Bonchev–Trinajstić information content (AvgIpc) is 2.65. The summed E-state index contributed by atoms with van der Waals surface area (Å²) in [5.74, 6) is -1.43. The van der Waals surface area contributed by atoms with Crippen LogP contribution in [0.2, 0.25) is 0 Å². The number of esters is 1. The maximum absolute atomic E-state index is 15.0. The molecule has 2 aliphatic rings. The molecule has 104 valence electrons. The van der Waals surface area contributed by atoms with E-state index in [-0.39, 0.29) is 39.3 Å². The molecule has 0 aromatic rings. The van der Waals surface area contributed by atoms with Crippen LogP contribution < -0.4 is 0 Å². The van der Waals surface area contributed by atoms with E-state index in [0.717, 1.165) is 0 Å². The zero-order valence-electron chi connectivity index (χ0n) is 10.6. The molecule has 0 saturated carbocycles. The number of nitriles is 1. The SMILES string of the molecule is CCOC(=O)C1(F)CN(C(=O)CC#N)CC12COC2. The van der Waals surface area contributed by atoms with Crippen molar-refractivity contribution in [3.63, 3.8) is 0 Å². The van der Waals surface area contributed by atoms with E-state index in [0.29, 0.717) is 0 Å². The maximum atomic E-state index is 15.0. The molecule has 2 heterocycles. The van der Waals surface area contributed by atoms with Gasteiger partial charge in [-0.1, -0.05) is 0 Å². The van der Waals surface area contributed by atoms with E-state index in [2.05, 4.69) is 0 Å². The average molecular weight is 270 g/mol. The Morgan fingerprint density at radius 2 is 2.16 bits per heavy atom. The predicted molar refractivity (Wildman–Crippen MR) is 60.5 cm³/mol. The van der Waals surface area contributed by atoms with Crippen LogP contribution >= 0.6 is 0 Å². The highest BCUT2D eigenvalue weighted by Gasteiger charge is 2.68. The number of ether oxygens (including phenoxy) is 2. The largest absolute Gasteiger partial charge is 0.464 e. The molecule has 2 aliphatic heterocycles. The Labute approximate surface area is 110 Å². The van der Waals surface area contributed by atoms with Crippen LogP contribution in [0.4, 0.5) is 4.39 Å². The van der Waals surface area contributed by atoms with E-state index in [1.165, 1.54) is 4.90 Å². The number of carbonyl (C=O) groups excluding carboxylic acids is 2. The first-order valence-electron chi connectivity index (χ1n) is 6.08. The molecule has 0 N–H and O–H groups in total. The first-order valence-corrected chi connectivity index (χ1v) is 6.08. The van der Waals surface area contributed by atoms with Crippen molar-refractivity contribution in [2.45, 2.75) is 19.0 Å². The molecule has 0 bridgehead atoms. The summed E-state index contributed by atoms with van der Waals surface area (Å²) < 4.78 is 24.8. The summed E-state index contributed by atoms with van der Waals surface area (Å²) in [6, 6.07) is 1.73. The lowest BCUT2D eigenvalue weighted by Gasteiger charge is -2.43. The quantitative estimate of drug-likeness (QED) is 0.676. The molecule has 6 nitrogen and oxygen atoms in total. The molecular weight excluding hydrogens is 255 g/mol. The summed E-state index contributed by atoms with van der Waals surface area (Å²) in [5, 5.41) is 8.51. The smallest absolute Gasteiger partial charge is 0.346 e. The summed E-state index contributed by atoms with van der Waals surface area (Å²) in [6.45, 7) is 1.56. The van der Waals surface area contributed by atoms with Gasteiger partial charge in [0.2, 0.25) is 11.6 Å². The van der Waals surface area contributed by atoms with Gasteiger partial charge in [-0.2, -0.15) is 5.26 Å². The van der Waals surface area contributed by atoms with Gasteiger partial charge in [-0.3, -0.25) is 4.79 Å². The van der Waals surface area contributed by atoms with E-state index >= 15 is 4.39 Å². The second-order valence-electron chi connectivity index (χ2n) is 4.88. The van der Waals surface area contributed by atoms with Crippen LogP contribution in [0.5, 0.6) is 0 Å². The fraction of sp³-hybridized carbons (Fsp3) is 0.750. The van der Waals surface area contributed by atoms with Crippen molar-refractivity contribution in [1.29, 1.82) is 5.26 Å². The fourth-order valence-electron chi connectivity index (χ4n) is 2.53. The second-order valence-corrected chi connectivity index (χ2v) is 4.88. The van der Waals surface area contributed by atoms with E-state index in [4.69, 9.17) is 14.7 Å². The molecule has 7 heteroatoms. The number of alkyl halides is 1. The second kappa shape index (κ2) is 4.78. The summed E-state index contributed by atoms with van der Waals surface area (Å²) in [7, 11) is 0. The minimum absolute atomic E-state index is 0.0770. The first-order chi connectivity index (χ1) is 8.99. The van der Waals surface area contributed by atoms with E-state index in [9.17, 15) is 9.59 Å². The minimum Gasteiger partial charge on any atom is -0.464 e. The lowest BCUT2D eigenvalue weighted by Crippen LogP contribution is -2.61. The van der Waals surface area contributed by atoms with Gasteiger partial charge in [0.1, 0.15) is 6.42 Å². The molecular formula is C12H15FN2O4. The van der Waals surface area contributed by atoms with Gasteiger partial charge in [0.15, 0.2) is 0 Å². The number of carbonyl (C=O) groups is 2. The lowest BCUT2D eigenvalue weighted by molar-refractivity contribution is -0.196. The molecule has 19 heavy (non-hydrogen) atoms. The Kier molecular flexibility index (Phi) is 3.45. The standard InChI is InChI=1S/C12H15FN2O4/c1-2-19-10(17)12(13)6-15(9(16)3-4-14)5-11(12)7-18-8-11/h2-3,5-8H2,1H3. The van der Waals surface area contributed by atoms with Crippen LogP contribution in [0.1, 0.15) is 13.3 Å². The number of amides is 1. The number of rotatable bonds is 3. The van der Waals surface area contributed by atoms with E-state index in [1.54, 1.807) is 13.0 Å². The molecule has 1 spiro atoms. The topological polar surface area (TPSA) is 79.6 Å². The predicted octanol–water partition coefficient (Wildman–Crippen LogP) is 0.0303. The molecule has 2 fully saturated rings. The van der Waals surface area contributed by atoms with Crippen molar-refractivity contribution in [1.82, 2.24) is 4.90 Å². The highest BCUT2D eigenvalue weighted by molar-refractivity contribution is 5.85. The van der Waals surface area contributed by atoms with Gasteiger partial charge in [0.05, 0.1) is 37.8 Å². The van der Waals surface area contributed by atoms with Crippen LogP contribution in [0.3, 0.4) is 0 Å². The normalized spacial score (nSPS) is 27.7. The van der Waals surface area contributed by atoms with E-state index in [1.807, 2.05) is 0 Å². The number of nitrogens with zero attached hydrogens (tertiary/aromatic N) is 2. The Morgan fingerprint density at radius 1 is 1.47 bits per heavy atom. The van der Waals surface area contributed by atoms with Gasteiger partial charge in [-0.25, -0.2) is 9.18 Å². The Morgan fingerprint density at radius 3 is 2.63 bits per heavy atom. The molecule has 0 aromatic carbocycles. The van der Waals surface area contributed by atoms with Gasteiger partial charge in [-0.15, -0.1) is 0 Å². The van der Waals surface area contributed by atoms with Gasteiger partial charge >= 0.3 is 5.97 Å². The maximum Gasteiger partial charge on any atom is 0.346 e. The Hall–Kier alpha value is -1.68. The van der Waals surface area contributed by atoms with Gasteiger partial charge in [-0.05, 0) is 6.92 Å². The summed E-state index contributed by atoms with van der Waals surface area (Å²) in [4.78, 5) is 24.7. The third-order valence-electron chi connectivity index (χ3n) is 3.68. The van der Waals surface area contributed by atoms with Crippen LogP contribution in [-0.2, 0) is 19.1 Å². The Balaban J connectivity index is 2.21. The molecule has 2 rings (SSSR count). The molecule has 0 aromatic heterocycles. The minimum atomic E-state index is -2.24. The third kappa shape index (κ3) is 1.96. The van der Waals surface area contributed by atoms with Crippen molar-refractivity contribution in [2.24, 2.45) is 5.41 Å². The molecule has 1 atom stereocenters. The highest BCUT2D eigenvalue weighted by atomic mass is 19.1. The summed E-state index contributed by atoms with van der Waals surface area (Å²) in [5.41, 5.74) is -3.27. The fourth-order valence-corrected chi connectivity index (χ4v) is 2.53. The summed E-state index contributed by atoms with van der Waals surface area (Å²) in [6.07, 6.45) is -0.324. The lowest BCUT2D eigenvalue weighted by atomic mass is 9.74. The van der Waals surface area contributed by atoms with Crippen LogP contribution in [0, 0.1) is 16.7 Å². The van der Waals surface area contributed by atoms with Crippen molar-refractivity contribution >= 4 is 11.9 Å². The first kappa shape index (κ1) is 13.7. The zero-order chi connectivity index (χ0) is 14.1. The van der Waals surface area contributed by atoms with Gasteiger partial charge in [0, 0.05) is 6.54 Å². The summed E-state index contributed by atoms with van der Waals surface area (Å²) >= 11 is 0. The van der Waals surface area contributed by atoms with E-state index < -0.39 is 23.0 Å². The highest BCUT2D eigenvalue weighted by Crippen LogP contribution is 2.48. The van der Waals surface area contributed by atoms with Crippen molar-refractivity contribution in [2.75, 3.05) is 32.9 Å². The number of likely N-dealkylation sites (tertiary alicyclic amines) is 1. The molecule has 1 unspecified atom stereocenters. The van der Waals surface area contributed by atoms with Crippen LogP contribution in [0.25, 0.3) is 0 Å². The molecule has 0 radical (unpaired) electrons. The molecule has 0 aliphatic carbocycles. The van der Waals surface area contributed by atoms with Gasteiger partial charge < -0.3 is 14.4 Å². The number of halogens is 1. The number of hydrogen-bond donors (Lipinski definition) is 0. The monoisotopic (exact) mass is 270 g/mol. The molecule has 1 amide bonds. The third-order valence-corrected chi connectivity index (χ3v) is 3.68.